The number of aromatic nitrogens is 1. The van der Waals surface area contributed by atoms with E-state index < -0.39 is 5.97 Å². The molecule has 0 aliphatic carbocycles. The second-order valence-electron chi connectivity index (χ2n) is 6.23. The second kappa shape index (κ2) is 5.82. The number of carboxylic acid groups (broad SMARTS) is 1. The van der Waals surface area contributed by atoms with E-state index in [9.17, 15) is 9.59 Å². The van der Waals surface area contributed by atoms with E-state index in [1.54, 1.807) is 35.2 Å². The van der Waals surface area contributed by atoms with Gasteiger partial charge >= 0.3 is 5.97 Å². The molecule has 0 unspecified atom stereocenters. The first-order chi connectivity index (χ1) is 12.0. The Labute approximate surface area is 144 Å². The summed E-state index contributed by atoms with van der Waals surface area (Å²) in [4.78, 5) is 32.4. The number of ether oxygens (including phenoxy) is 1. The molecule has 8 nitrogen and oxygen atoms in total. The van der Waals surface area contributed by atoms with Crippen molar-refractivity contribution in [3.05, 3.63) is 41.6 Å². The van der Waals surface area contributed by atoms with E-state index in [0.717, 1.165) is 5.69 Å². The van der Waals surface area contributed by atoms with Crippen molar-refractivity contribution in [3.63, 3.8) is 0 Å². The largest absolute Gasteiger partial charge is 0.488 e. The maximum atomic E-state index is 12.5. The summed E-state index contributed by atoms with van der Waals surface area (Å²) in [5.74, 6) is 0.330. The number of hydrogen-bond donors (Lipinski definition) is 2. The molecule has 0 bridgehead atoms. The molecule has 3 heterocycles. The van der Waals surface area contributed by atoms with Gasteiger partial charge in [-0.15, -0.1) is 0 Å². The van der Waals surface area contributed by atoms with E-state index in [-0.39, 0.29) is 11.5 Å². The molecule has 1 aromatic carbocycles. The topological polar surface area (TPSA) is 89.1 Å². The molecule has 1 aromatic heterocycles. The molecule has 0 spiro atoms. The summed E-state index contributed by atoms with van der Waals surface area (Å²) in [6.45, 7) is 2.33. The van der Waals surface area contributed by atoms with E-state index >= 15 is 0 Å². The predicted molar refractivity (Wildman–Crippen MR) is 90.4 cm³/mol. The Morgan fingerprint density at radius 2 is 1.92 bits per heavy atom. The van der Waals surface area contributed by atoms with Crippen LogP contribution in [0.2, 0.25) is 0 Å². The number of H-pyrrole nitrogens is 1. The van der Waals surface area contributed by atoms with Crippen LogP contribution in [0.15, 0.2) is 30.3 Å². The zero-order chi connectivity index (χ0) is 17.6. The third-order valence-electron chi connectivity index (χ3n) is 4.37. The quantitative estimate of drug-likeness (QED) is 0.880. The minimum absolute atomic E-state index is 0.0581. The van der Waals surface area contributed by atoms with Crippen LogP contribution in [-0.4, -0.2) is 65.3 Å². The van der Waals surface area contributed by atoms with Crippen molar-refractivity contribution >= 4 is 23.4 Å². The third kappa shape index (κ3) is 2.70. The van der Waals surface area contributed by atoms with E-state index in [4.69, 9.17) is 9.84 Å². The van der Waals surface area contributed by atoms with Gasteiger partial charge in [0, 0.05) is 11.8 Å². The molecule has 1 saturated heterocycles. The zero-order valence-electron chi connectivity index (χ0n) is 13.7. The number of carboxylic acids is 1. The van der Waals surface area contributed by atoms with Crippen molar-refractivity contribution in [2.45, 2.75) is 0 Å². The molecular weight excluding hydrogens is 324 g/mol. The van der Waals surface area contributed by atoms with Gasteiger partial charge in [0.15, 0.2) is 11.6 Å². The van der Waals surface area contributed by atoms with Crippen LogP contribution in [0, 0.1) is 0 Å². The van der Waals surface area contributed by atoms with Gasteiger partial charge in [0.25, 0.3) is 5.91 Å². The van der Waals surface area contributed by atoms with Crippen LogP contribution in [0.4, 0.5) is 11.5 Å². The molecule has 1 amide bonds. The van der Waals surface area contributed by atoms with Crippen LogP contribution in [0.25, 0.3) is 0 Å². The van der Waals surface area contributed by atoms with Gasteiger partial charge in [-0.1, -0.05) is 0 Å². The first kappa shape index (κ1) is 15.5. The highest BCUT2D eigenvalue weighted by Crippen LogP contribution is 2.37. The Kier molecular flexibility index (Phi) is 3.61. The minimum Gasteiger partial charge on any atom is -0.488 e. The van der Waals surface area contributed by atoms with Gasteiger partial charge in [-0.3, -0.25) is 9.69 Å². The number of fused-ring (bicyclic) bond motifs is 1. The van der Waals surface area contributed by atoms with Crippen molar-refractivity contribution in [3.8, 4) is 5.75 Å². The summed E-state index contributed by atoms with van der Waals surface area (Å²) in [7, 11) is 1.95. The monoisotopic (exact) mass is 342 g/mol. The van der Waals surface area contributed by atoms with Crippen molar-refractivity contribution < 1.29 is 19.4 Å². The lowest BCUT2D eigenvalue weighted by molar-refractivity contribution is -0.000315. The maximum Gasteiger partial charge on any atom is 0.335 e. The number of carbonyl (C=O) groups excluding carboxylic acids is 1. The van der Waals surface area contributed by atoms with E-state index in [1.807, 2.05) is 16.8 Å². The number of amides is 1. The molecule has 1 fully saturated rings. The van der Waals surface area contributed by atoms with Crippen molar-refractivity contribution in [1.29, 1.82) is 0 Å². The number of aromatic carboxylic acids is 1. The van der Waals surface area contributed by atoms with E-state index in [1.165, 1.54) is 0 Å². The highest BCUT2D eigenvalue weighted by molar-refractivity contribution is 5.95. The van der Waals surface area contributed by atoms with Gasteiger partial charge in [-0.05, 0) is 31.3 Å². The van der Waals surface area contributed by atoms with Gasteiger partial charge in [0.2, 0.25) is 0 Å². The minimum atomic E-state index is -0.957. The highest BCUT2D eigenvalue weighted by Gasteiger charge is 2.30. The number of nitrogens with one attached hydrogen (secondary N) is 1. The van der Waals surface area contributed by atoms with Gasteiger partial charge < -0.3 is 24.6 Å². The number of aromatic amines is 1. The van der Waals surface area contributed by atoms with Crippen molar-refractivity contribution in [2.75, 3.05) is 38.4 Å². The summed E-state index contributed by atoms with van der Waals surface area (Å²) in [6, 6.07) is 8.37. The second-order valence-corrected chi connectivity index (χ2v) is 6.23. The average molecular weight is 342 g/mol. The van der Waals surface area contributed by atoms with Crippen LogP contribution >= 0.6 is 0 Å². The average Bonchev–Trinajstić information content (AvgIpc) is 3.02. The number of carbonyl (C=O) groups is 2. The summed E-state index contributed by atoms with van der Waals surface area (Å²) in [5.41, 5.74) is 1.58. The third-order valence-corrected chi connectivity index (χ3v) is 4.37. The standard InChI is InChI=1S/C17H18N4O4/c1-19-9-20(10-19)16(22)13-8-14-15(18-13)21(6-7-25-14)12-4-2-11(3-5-12)17(23)24/h2-5,8,18H,6-7,9-10H2,1H3,(H,23,24). The number of anilines is 2. The summed E-state index contributed by atoms with van der Waals surface area (Å²) < 4.78 is 5.67. The molecule has 2 aliphatic heterocycles. The van der Waals surface area contributed by atoms with Crippen molar-refractivity contribution in [1.82, 2.24) is 14.8 Å². The molecule has 0 radical (unpaired) electrons. The van der Waals surface area contributed by atoms with Gasteiger partial charge in [0.1, 0.15) is 12.3 Å². The lowest BCUT2D eigenvalue weighted by Gasteiger charge is -2.39. The molecule has 130 valence electrons. The Morgan fingerprint density at radius 3 is 2.56 bits per heavy atom. The Bertz CT molecular complexity index is 824. The molecule has 4 rings (SSSR count). The Hall–Kier alpha value is -3.00. The molecular formula is C17H18N4O4. The fraction of sp³-hybridized carbons (Fsp3) is 0.294. The number of nitrogens with zero attached hydrogens (tertiary/aromatic N) is 3. The number of benzene rings is 1. The summed E-state index contributed by atoms with van der Waals surface area (Å²) >= 11 is 0. The molecule has 0 saturated carbocycles. The fourth-order valence-electron chi connectivity index (χ4n) is 3.09. The zero-order valence-corrected chi connectivity index (χ0v) is 13.7. The summed E-state index contributed by atoms with van der Waals surface area (Å²) in [5, 5.41) is 9.02. The van der Waals surface area contributed by atoms with Crippen LogP contribution in [0.5, 0.6) is 5.75 Å². The first-order valence-electron chi connectivity index (χ1n) is 7.97. The van der Waals surface area contributed by atoms with Crippen LogP contribution < -0.4 is 9.64 Å². The van der Waals surface area contributed by atoms with Gasteiger partial charge in [-0.25, -0.2) is 4.79 Å². The highest BCUT2D eigenvalue weighted by atomic mass is 16.5. The molecule has 2 aliphatic rings. The first-order valence-corrected chi connectivity index (χ1v) is 7.97. The van der Waals surface area contributed by atoms with Crippen LogP contribution in [0.3, 0.4) is 0 Å². The van der Waals surface area contributed by atoms with E-state index in [2.05, 4.69) is 4.98 Å². The molecule has 2 N–H and O–H groups in total. The van der Waals surface area contributed by atoms with Crippen LogP contribution in [0.1, 0.15) is 20.8 Å². The van der Waals surface area contributed by atoms with Crippen LogP contribution in [-0.2, 0) is 0 Å². The van der Waals surface area contributed by atoms with E-state index in [0.29, 0.717) is 43.8 Å². The van der Waals surface area contributed by atoms with Gasteiger partial charge in [-0.2, -0.15) is 0 Å². The number of hydrogen-bond acceptors (Lipinski definition) is 5. The lowest BCUT2D eigenvalue weighted by Crippen LogP contribution is -2.55. The van der Waals surface area contributed by atoms with Gasteiger partial charge in [0.05, 0.1) is 25.4 Å². The molecule has 25 heavy (non-hydrogen) atoms. The Balaban J connectivity index is 1.61. The smallest absolute Gasteiger partial charge is 0.335 e. The molecule has 8 heteroatoms. The van der Waals surface area contributed by atoms with Crippen molar-refractivity contribution in [2.24, 2.45) is 0 Å². The predicted octanol–water partition coefficient (Wildman–Crippen LogP) is 1.55. The SMILES string of the molecule is CN1CN(C(=O)c2cc3c([nH]2)N(c2ccc(C(=O)O)cc2)CCO3)C1. The summed E-state index contributed by atoms with van der Waals surface area (Å²) in [6.07, 6.45) is 0. The number of rotatable bonds is 3. The lowest BCUT2D eigenvalue weighted by atomic mass is 10.2. The molecule has 2 aromatic rings. The maximum absolute atomic E-state index is 12.5. The molecule has 0 atom stereocenters. The normalized spacial score (nSPS) is 16.8. The fourth-order valence-corrected chi connectivity index (χ4v) is 3.09. The Morgan fingerprint density at radius 1 is 1.20 bits per heavy atom.